The Morgan fingerprint density at radius 2 is 1.91 bits per heavy atom. The van der Waals surface area contributed by atoms with Gasteiger partial charge in [0.2, 0.25) is 0 Å². The smallest absolute Gasteiger partial charge is 0.262 e. The molecule has 0 radical (unpaired) electrons. The summed E-state index contributed by atoms with van der Waals surface area (Å²) in [5, 5.41) is 11.2. The highest BCUT2D eigenvalue weighted by atomic mass is 16.5. The molecule has 1 amide bonds. The van der Waals surface area contributed by atoms with Gasteiger partial charge in [-0.05, 0) is 48.9 Å². The zero-order valence-electron chi connectivity index (χ0n) is 12.2. The second-order valence-corrected chi connectivity index (χ2v) is 4.62. The highest BCUT2D eigenvalue weighted by molar-refractivity contribution is 5.91. The first-order valence-electron chi connectivity index (χ1n) is 6.76. The molecule has 1 N–H and O–H groups in total. The molecule has 0 atom stereocenters. The molecule has 112 valence electrons. The summed E-state index contributed by atoms with van der Waals surface area (Å²) in [6.07, 6.45) is 0. The van der Waals surface area contributed by atoms with Crippen LogP contribution in [0.5, 0.6) is 11.5 Å². The van der Waals surface area contributed by atoms with Crippen molar-refractivity contribution in [3.8, 4) is 17.6 Å². The summed E-state index contributed by atoms with van der Waals surface area (Å²) in [5.74, 6) is 0.998. The molecule has 2 aromatic rings. The van der Waals surface area contributed by atoms with Crippen molar-refractivity contribution in [1.82, 2.24) is 0 Å². The van der Waals surface area contributed by atoms with Crippen LogP contribution in [0.25, 0.3) is 0 Å². The van der Waals surface area contributed by atoms with E-state index in [-0.39, 0.29) is 19.1 Å². The van der Waals surface area contributed by atoms with Crippen LogP contribution in [0.3, 0.4) is 0 Å². The molecule has 5 nitrogen and oxygen atoms in total. The lowest BCUT2D eigenvalue weighted by atomic mass is 10.2. The molecule has 0 unspecified atom stereocenters. The van der Waals surface area contributed by atoms with Crippen LogP contribution in [0.15, 0.2) is 48.5 Å². The van der Waals surface area contributed by atoms with E-state index in [2.05, 4.69) is 5.32 Å². The van der Waals surface area contributed by atoms with Crippen LogP contribution in [0.4, 0.5) is 5.69 Å². The predicted octanol–water partition coefficient (Wildman–Crippen LogP) is 2.91. The van der Waals surface area contributed by atoms with Crippen LogP contribution in [0, 0.1) is 18.3 Å². The first-order valence-corrected chi connectivity index (χ1v) is 6.76. The van der Waals surface area contributed by atoms with Gasteiger partial charge in [-0.2, -0.15) is 5.26 Å². The molecular weight excluding hydrogens is 280 g/mol. The van der Waals surface area contributed by atoms with E-state index in [1.165, 1.54) is 0 Å². The van der Waals surface area contributed by atoms with E-state index in [0.717, 1.165) is 5.56 Å². The molecule has 0 bridgehead atoms. The van der Waals surface area contributed by atoms with Gasteiger partial charge in [-0.3, -0.25) is 4.79 Å². The van der Waals surface area contributed by atoms with E-state index < -0.39 is 0 Å². The third kappa shape index (κ3) is 4.84. The van der Waals surface area contributed by atoms with E-state index in [9.17, 15) is 4.79 Å². The summed E-state index contributed by atoms with van der Waals surface area (Å²) in [4.78, 5) is 11.8. The van der Waals surface area contributed by atoms with Crippen LogP contribution in [-0.2, 0) is 4.79 Å². The van der Waals surface area contributed by atoms with Crippen molar-refractivity contribution in [1.29, 1.82) is 5.26 Å². The van der Waals surface area contributed by atoms with Gasteiger partial charge < -0.3 is 14.8 Å². The van der Waals surface area contributed by atoms with Gasteiger partial charge in [0.25, 0.3) is 5.91 Å². The van der Waals surface area contributed by atoms with Crippen molar-refractivity contribution < 1.29 is 14.3 Å². The lowest BCUT2D eigenvalue weighted by Crippen LogP contribution is -2.20. The Labute approximate surface area is 129 Å². The van der Waals surface area contributed by atoms with Crippen molar-refractivity contribution in [3.05, 3.63) is 54.1 Å². The molecular formula is C17H16N2O3. The molecule has 0 aliphatic rings. The van der Waals surface area contributed by atoms with E-state index >= 15 is 0 Å². The van der Waals surface area contributed by atoms with E-state index in [1.807, 2.05) is 37.3 Å². The molecule has 0 fully saturated rings. The maximum absolute atomic E-state index is 11.8. The number of carbonyl (C=O) groups excluding carboxylic acids is 1. The summed E-state index contributed by atoms with van der Waals surface area (Å²) < 4.78 is 10.6. The Morgan fingerprint density at radius 1 is 1.14 bits per heavy atom. The third-order valence-electron chi connectivity index (χ3n) is 2.80. The highest BCUT2D eigenvalue weighted by Crippen LogP contribution is 2.16. The maximum Gasteiger partial charge on any atom is 0.262 e. The summed E-state index contributed by atoms with van der Waals surface area (Å²) in [6, 6.07) is 16.2. The number of carbonyl (C=O) groups is 1. The van der Waals surface area contributed by atoms with Crippen molar-refractivity contribution in [3.63, 3.8) is 0 Å². The van der Waals surface area contributed by atoms with Gasteiger partial charge in [-0.1, -0.05) is 12.1 Å². The Hall–Kier alpha value is -3.00. The van der Waals surface area contributed by atoms with Crippen LogP contribution in [0.2, 0.25) is 0 Å². The van der Waals surface area contributed by atoms with Crippen molar-refractivity contribution in [2.24, 2.45) is 0 Å². The Balaban J connectivity index is 1.83. The van der Waals surface area contributed by atoms with E-state index in [1.54, 1.807) is 24.3 Å². The minimum atomic E-state index is -0.243. The molecule has 0 spiro atoms. The Bertz CT molecular complexity index is 675. The Kier molecular flexibility index (Phi) is 5.38. The number of rotatable bonds is 6. The third-order valence-corrected chi connectivity index (χ3v) is 2.80. The number of ether oxygens (including phenoxy) is 2. The van der Waals surface area contributed by atoms with Gasteiger partial charge in [0, 0.05) is 5.69 Å². The second kappa shape index (κ2) is 7.70. The number of benzene rings is 2. The number of nitrogens with zero attached hydrogens (tertiary/aromatic N) is 1. The Morgan fingerprint density at radius 3 is 2.59 bits per heavy atom. The quantitative estimate of drug-likeness (QED) is 0.889. The summed E-state index contributed by atoms with van der Waals surface area (Å²) in [6.45, 7) is 1.90. The zero-order valence-corrected chi connectivity index (χ0v) is 12.2. The SMILES string of the molecule is Cc1cccc(OCC(=O)Nc2ccc(OCC#N)cc2)c1. The number of nitriles is 1. The predicted molar refractivity (Wildman–Crippen MR) is 82.9 cm³/mol. The lowest BCUT2D eigenvalue weighted by molar-refractivity contribution is -0.118. The second-order valence-electron chi connectivity index (χ2n) is 4.62. The fourth-order valence-electron chi connectivity index (χ4n) is 1.80. The van der Waals surface area contributed by atoms with Crippen molar-refractivity contribution in [2.75, 3.05) is 18.5 Å². The highest BCUT2D eigenvalue weighted by Gasteiger charge is 2.04. The number of anilines is 1. The summed E-state index contributed by atoms with van der Waals surface area (Å²) in [5.41, 5.74) is 1.72. The van der Waals surface area contributed by atoms with E-state index in [0.29, 0.717) is 17.2 Å². The van der Waals surface area contributed by atoms with Crippen LogP contribution >= 0.6 is 0 Å². The summed E-state index contributed by atoms with van der Waals surface area (Å²) >= 11 is 0. The van der Waals surface area contributed by atoms with Gasteiger partial charge in [0.05, 0.1) is 0 Å². The number of aryl methyl sites for hydroxylation is 1. The standard InChI is InChI=1S/C17H16N2O3/c1-13-3-2-4-16(11-13)22-12-17(20)19-14-5-7-15(8-6-14)21-10-9-18/h2-8,11H,10,12H2,1H3,(H,19,20). The molecule has 0 saturated carbocycles. The van der Waals surface area contributed by atoms with Gasteiger partial charge in [0.1, 0.15) is 17.6 Å². The molecule has 5 heteroatoms. The van der Waals surface area contributed by atoms with Crippen molar-refractivity contribution in [2.45, 2.75) is 6.92 Å². The monoisotopic (exact) mass is 296 g/mol. The van der Waals surface area contributed by atoms with Crippen LogP contribution in [-0.4, -0.2) is 19.1 Å². The minimum Gasteiger partial charge on any atom is -0.484 e. The average molecular weight is 296 g/mol. The van der Waals surface area contributed by atoms with Crippen LogP contribution in [0.1, 0.15) is 5.56 Å². The molecule has 0 aliphatic heterocycles. The molecule has 2 rings (SSSR count). The molecule has 0 aliphatic carbocycles. The lowest BCUT2D eigenvalue weighted by Gasteiger charge is -2.08. The van der Waals surface area contributed by atoms with Gasteiger partial charge in [0.15, 0.2) is 13.2 Å². The first-order chi connectivity index (χ1) is 10.7. The molecule has 0 heterocycles. The first kappa shape index (κ1) is 15.4. The largest absolute Gasteiger partial charge is 0.484 e. The van der Waals surface area contributed by atoms with E-state index in [4.69, 9.17) is 14.7 Å². The zero-order chi connectivity index (χ0) is 15.8. The number of nitrogens with one attached hydrogen (secondary N) is 1. The molecule has 0 aromatic heterocycles. The average Bonchev–Trinajstić information content (AvgIpc) is 2.52. The molecule has 22 heavy (non-hydrogen) atoms. The fourth-order valence-corrected chi connectivity index (χ4v) is 1.80. The maximum atomic E-state index is 11.8. The summed E-state index contributed by atoms with van der Waals surface area (Å²) in [7, 11) is 0. The van der Waals surface area contributed by atoms with Gasteiger partial charge >= 0.3 is 0 Å². The number of amides is 1. The topological polar surface area (TPSA) is 71.3 Å². The number of hydrogen-bond donors (Lipinski definition) is 1. The normalized spacial score (nSPS) is 9.64. The van der Waals surface area contributed by atoms with Gasteiger partial charge in [-0.25, -0.2) is 0 Å². The van der Waals surface area contributed by atoms with Crippen molar-refractivity contribution >= 4 is 11.6 Å². The van der Waals surface area contributed by atoms with Gasteiger partial charge in [-0.15, -0.1) is 0 Å². The van der Waals surface area contributed by atoms with Crippen LogP contribution < -0.4 is 14.8 Å². The number of hydrogen-bond acceptors (Lipinski definition) is 4. The minimum absolute atomic E-state index is 0.00393. The molecule has 0 saturated heterocycles. The molecule has 2 aromatic carbocycles. The fraction of sp³-hybridized carbons (Fsp3) is 0.176.